The first-order valence-electron chi connectivity index (χ1n) is 6.91. The molecule has 1 aliphatic heterocycles. The summed E-state index contributed by atoms with van der Waals surface area (Å²) in [5.41, 5.74) is 7.31. The fraction of sp³-hybridized carbons (Fsp3) is 0.600. The number of halogens is 1. The molecular formula is C15H23FN2. The number of rotatable bonds is 5. The maximum atomic E-state index is 13.0. The topological polar surface area (TPSA) is 29.3 Å². The molecule has 100 valence electrons. The van der Waals surface area contributed by atoms with Crippen molar-refractivity contribution in [3.8, 4) is 0 Å². The number of benzene rings is 1. The van der Waals surface area contributed by atoms with Crippen molar-refractivity contribution in [2.45, 2.75) is 38.1 Å². The average Bonchev–Trinajstić information content (AvgIpc) is 2.82. The Balaban J connectivity index is 2.16. The van der Waals surface area contributed by atoms with Crippen LogP contribution in [-0.4, -0.2) is 24.5 Å². The third-order valence-electron chi connectivity index (χ3n) is 3.82. The Morgan fingerprint density at radius 2 is 1.83 bits per heavy atom. The number of nitrogens with zero attached hydrogens (tertiary/aromatic N) is 1. The van der Waals surface area contributed by atoms with E-state index < -0.39 is 0 Å². The largest absolute Gasteiger partial charge is 0.320 e. The van der Waals surface area contributed by atoms with Crippen LogP contribution in [0.3, 0.4) is 0 Å². The number of nitrogens with two attached hydrogens (primary N) is 1. The summed E-state index contributed by atoms with van der Waals surface area (Å²) in [7, 11) is 0. The molecule has 1 aromatic carbocycles. The summed E-state index contributed by atoms with van der Waals surface area (Å²) < 4.78 is 13.0. The van der Waals surface area contributed by atoms with Gasteiger partial charge in [-0.15, -0.1) is 0 Å². The Morgan fingerprint density at radius 3 is 2.39 bits per heavy atom. The van der Waals surface area contributed by atoms with E-state index >= 15 is 0 Å². The molecule has 1 heterocycles. The molecule has 3 heteroatoms. The second-order valence-electron chi connectivity index (χ2n) is 5.40. The zero-order chi connectivity index (χ0) is 13.0. The van der Waals surface area contributed by atoms with Gasteiger partial charge in [0.25, 0.3) is 0 Å². The van der Waals surface area contributed by atoms with Gasteiger partial charge in [-0.05, 0) is 50.0 Å². The molecule has 0 aliphatic carbocycles. The Morgan fingerprint density at radius 1 is 1.22 bits per heavy atom. The molecular weight excluding hydrogens is 227 g/mol. The molecule has 1 fully saturated rings. The molecule has 18 heavy (non-hydrogen) atoms. The van der Waals surface area contributed by atoms with Gasteiger partial charge in [0.05, 0.1) is 5.54 Å². The molecule has 0 spiro atoms. The molecule has 0 radical (unpaired) electrons. The van der Waals surface area contributed by atoms with E-state index in [1.165, 1.54) is 25.0 Å². The Labute approximate surface area is 109 Å². The highest BCUT2D eigenvalue weighted by Gasteiger charge is 2.30. The molecule has 1 aromatic rings. The van der Waals surface area contributed by atoms with Gasteiger partial charge in [0.2, 0.25) is 0 Å². The summed E-state index contributed by atoms with van der Waals surface area (Å²) in [4.78, 5) is 2.43. The number of likely N-dealkylation sites (tertiary alicyclic amines) is 1. The highest BCUT2D eigenvalue weighted by Crippen LogP contribution is 2.26. The van der Waals surface area contributed by atoms with Gasteiger partial charge < -0.3 is 10.6 Å². The van der Waals surface area contributed by atoms with E-state index in [2.05, 4.69) is 11.8 Å². The molecule has 0 bridgehead atoms. The van der Waals surface area contributed by atoms with Crippen LogP contribution in [0.4, 0.5) is 4.39 Å². The maximum Gasteiger partial charge on any atom is 0.123 e. The molecule has 0 amide bonds. The zero-order valence-electron chi connectivity index (χ0n) is 11.2. The third kappa shape index (κ3) is 3.09. The van der Waals surface area contributed by atoms with Crippen molar-refractivity contribution in [3.63, 3.8) is 0 Å². The minimum atomic E-state index is -0.340. The van der Waals surface area contributed by atoms with Gasteiger partial charge in [0.15, 0.2) is 0 Å². The highest BCUT2D eigenvalue weighted by atomic mass is 19.1. The fourth-order valence-corrected chi connectivity index (χ4v) is 2.88. The molecule has 0 saturated carbocycles. The Kier molecular flexibility index (Phi) is 4.36. The van der Waals surface area contributed by atoms with E-state index in [-0.39, 0.29) is 11.4 Å². The first-order valence-corrected chi connectivity index (χ1v) is 6.91. The van der Waals surface area contributed by atoms with Gasteiger partial charge in [-0.2, -0.15) is 0 Å². The third-order valence-corrected chi connectivity index (χ3v) is 3.82. The van der Waals surface area contributed by atoms with E-state index in [4.69, 9.17) is 5.73 Å². The normalized spacial score (nSPS) is 19.9. The Hall–Kier alpha value is -0.930. The minimum Gasteiger partial charge on any atom is -0.320 e. The minimum absolute atomic E-state index is 0.196. The van der Waals surface area contributed by atoms with Gasteiger partial charge >= 0.3 is 0 Å². The second kappa shape index (κ2) is 5.81. The van der Waals surface area contributed by atoms with Crippen LogP contribution in [0.1, 0.15) is 38.2 Å². The summed E-state index contributed by atoms with van der Waals surface area (Å²) in [6.07, 6.45) is 4.52. The summed E-state index contributed by atoms with van der Waals surface area (Å²) in [5, 5.41) is 0. The van der Waals surface area contributed by atoms with Crippen molar-refractivity contribution in [1.82, 2.24) is 4.90 Å². The van der Waals surface area contributed by atoms with E-state index in [0.717, 1.165) is 38.0 Å². The van der Waals surface area contributed by atoms with Gasteiger partial charge in [0, 0.05) is 6.54 Å². The van der Waals surface area contributed by atoms with Crippen LogP contribution in [0.25, 0.3) is 0 Å². The Bertz CT molecular complexity index is 371. The maximum absolute atomic E-state index is 13.0. The van der Waals surface area contributed by atoms with Gasteiger partial charge in [-0.3, -0.25) is 0 Å². The first-order chi connectivity index (χ1) is 8.64. The zero-order valence-corrected chi connectivity index (χ0v) is 11.2. The summed E-state index contributed by atoms with van der Waals surface area (Å²) >= 11 is 0. The summed E-state index contributed by atoms with van der Waals surface area (Å²) in [6.45, 7) is 5.31. The van der Waals surface area contributed by atoms with E-state index in [9.17, 15) is 4.39 Å². The monoisotopic (exact) mass is 250 g/mol. The lowest BCUT2D eigenvalue weighted by Gasteiger charge is -2.34. The van der Waals surface area contributed by atoms with Gasteiger partial charge in [-0.1, -0.05) is 25.5 Å². The molecule has 1 unspecified atom stereocenters. The van der Waals surface area contributed by atoms with Crippen molar-refractivity contribution in [1.29, 1.82) is 0 Å². The van der Waals surface area contributed by atoms with E-state index in [1.807, 2.05) is 12.1 Å². The fourth-order valence-electron chi connectivity index (χ4n) is 2.88. The van der Waals surface area contributed by atoms with Crippen LogP contribution in [0.2, 0.25) is 0 Å². The molecule has 1 saturated heterocycles. The molecule has 1 atom stereocenters. The van der Waals surface area contributed by atoms with Crippen LogP contribution in [0.15, 0.2) is 24.3 Å². The molecule has 2 nitrogen and oxygen atoms in total. The standard InChI is InChI=1S/C15H23FN2/c1-2-9-15(17,12-18-10-3-4-11-18)13-5-7-14(16)8-6-13/h5-8H,2-4,9-12,17H2,1H3. The predicted octanol–water partition coefficient (Wildman–Crippen LogP) is 2.88. The average molecular weight is 250 g/mol. The smallest absolute Gasteiger partial charge is 0.123 e. The number of hydrogen-bond acceptors (Lipinski definition) is 2. The van der Waals surface area contributed by atoms with E-state index in [1.54, 1.807) is 0 Å². The molecule has 0 aromatic heterocycles. The predicted molar refractivity (Wildman–Crippen MR) is 72.8 cm³/mol. The van der Waals surface area contributed by atoms with Gasteiger partial charge in [-0.25, -0.2) is 4.39 Å². The van der Waals surface area contributed by atoms with Crippen LogP contribution >= 0.6 is 0 Å². The summed E-state index contributed by atoms with van der Waals surface area (Å²) in [6, 6.07) is 6.69. The first kappa shape index (κ1) is 13.5. The lowest BCUT2D eigenvalue weighted by Crippen LogP contribution is -2.47. The van der Waals surface area contributed by atoms with Crippen LogP contribution < -0.4 is 5.73 Å². The second-order valence-corrected chi connectivity index (χ2v) is 5.40. The van der Waals surface area contributed by atoms with Crippen molar-refractivity contribution in [2.24, 2.45) is 5.73 Å². The number of hydrogen-bond donors (Lipinski definition) is 1. The van der Waals surface area contributed by atoms with Crippen LogP contribution in [0, 0.1) is 5.82 Å². The SMILES string of the molecule is CCCC(N)(CN1CCCC1)c1ccc(F)cc1. The van der Waals surface area contributed by atoms with Crippen LogP contribution in [-0.2, 0) is 5.54 Å². The summed E-state index contributed by atoms with van der Waals surface area (Å²) in [5.74, 6) is -0.196. The van der Waals surface area contributed by atoms with Crippen LogP contribution in [0.5, 0.6) is 0 Å². The molecule has 2 N–H and O–H groups in total. The van der Waals surface area contributed by atoms with Crippen molar-refractivity contribution in [3.05, 3.63) is 35.6 Å². The quantitative estimate of drug-likeness (QED) is 0.870. The molecule has 2 rings (SSSR count). The van der Waals surface area contributed by atoms with Crippen molar-refractivity contribution in [2.75, 3.05) is 19.6 Å². The molecule has 1 aliphatic rings. The lowest BCUT2D eigenvalue weighted by atomic mass is 9.86. The van der Waals surface area contributed by atoms with E-state index in [0.29, 0.717) is 0 Å². The highest BCUT2D eigenvalue weighted by molar-refractivity contribution is 5.25. The lowest BCUT2D eigenvalue weighted by molar-refractivity contribution is 0.235. The van der Waals surface area contributed by atoms with Crippen molar-refractivity contribution >= 4 is 0 Å². The van der Waals surface area contributed by atoms with Crippen molar-refractivity contribution < 1.29 is 4.39 Å². The van der Waals surface area contributed by atoms with Gasteiger partial charge in [0.1, 0.15) is 5.82 Å².